The number of hydrogen-bond acceptors (Lipinski definition) is 1. The molecular formula is C11H14O. The molecule has 1 nitrogen and oxygen atoms in total. The summed E-state index contributed by atoms with van der Waals surface area (Å²) in [6.45, 7) is 0. The minimum atomic E-state index is 0.417. The smallest absolute Gasteiger partial charge is 0.158 e. The van der Waals surface area contributed by atoms with Crippen LogP contribution in [0.4, 0.5) is 0 Å². The van der Waals surface area contributed by atoms with E-state index in [2.05, 4.69) is 6.08 Å². The lowest BCUT2D eigenvalue weighted by Crippen LogP contribution is -2.26. The van der Waals surface area contributed by atoms with Gasteiger partial charge in [-0.25, -0.2) is 0 Å². The van der Waals surface area contributed by atoms with Crippen molar-refractivity contribution in [1.29, 1.82) is 0 Å². The lowest BCUT2D eigenvalue weighted by molar-refractivity contribution is -0.120. The zero-order valence-electron chi connectivity index (χ0n) is 7.20. The Morgan fingerprint density at radius 2 is 2.00 bits per heavy atom. The van der Waals surface area contributed by atoms with Crippen LogP contribution in [0.15, 0.2) is 12.2 Å². The van der Waals surface area contributed by atoms with E-state index in [0.717, 1.165) is 17.8 Å². The molecule has 0 radical (unpaired) electrons. The van der Waals surface area contributed by atoms with Crippen LogP contribution in [-0.4, -0.2) is 5.78 Å². The monoisotopic (exact) mass is 162 g/mol. The first-order valence-electron chi connectivity index (χ1n) is 5.08. The summed E-state index contributed by atoms with van der Waals surface area (Å²) in [5.41, 5.74) is 0. The predicted octanol–water partition coefficient (Wildman–Crippen LogP) is 2.18. The van der Waals surface area contributed by atoms with Crippen molar-refractivity contribution in [3.8, 4) is 0 Å². The number of carbonyl (C=O) groups is 1. The van der Waals surface area contributed by atoms with Crippen LogP contribution in [0.3, 0.4) is 0 Å². The van der Waals surface area contributed by atoms with E-state index in [0.29, 0.717) is 11.7 Å². The summed E-state index contributed by atoms with van der Waals surface area (Å²) in [6, 6.07) is 0. The molecule has 0 aromatic rings. The molecule has 1 heteroatoms. The van der Waals surface area contributed by atoms with Gasteiger partial charge in [0.15, 0.2) is 5.78 Å². The van der Waals surface area contributed by atoms with Gasteiger partial charge in [0, 0.05) is 5.92 Å². The zero-order valence-corrected chi connectivity index (χ0v) is 7.20. The van der Waals surface area contributed by atoms with Crippen LogP contribution in [-0.2, 0) is 4.79 Å². The molecule has 0 saturated heterocycles. The van der Waals surface area contributed by atoms with Gasteiger partial charge in [0.2, 0.25) is 0 Å². The maximum absolute atomic E-state index is 11.5. The van der Waals surface area contributed by atoms with E-state index in [1.165, 1.54) is 25.7 Å². The van der Waals surface area contributed by atoms with Crippen molar-refractivity contribution in [3.63, 3.8) is 0 Å². The highest BCUT2D eigenvalue weighted by molar-refractivity contribution is 5.93. The third-order valence-electron chi connectivity index (χ3n) is 4.10. The molecule has 0 amide bonds. The van der Waals surface area contributed by atoms with Crippen molar-refractivity contribution in [1.82, 2.24) is 0 Å². The minimum absolute atomic E-state index is 0.417. The molecule has 12 heavy (non-hydrogen) atoms. The van der Waals surface area contributed by atoms with Gasteiger partial charge in [0.05, 0.1) is 0 Å². The maximum Gasteiger partial charge on any atom is 0.158 e. The molecule has 0 aliphatic heterocycles. The van der Waals surface area contributed by atoms with Crippen LogP contribution in [0.1, 0.15) is 25.7 Å². The van der Waals surface area contributed by atoms with Crippen molar-refractivity contribution < 1.29 is 4.79 Å². The van der Waals surface area contributed by atoms with Gasteiger partial charge < -0.3 is 0 Å². The van der Waals surface area contributed by atoms with E-state index in [1.807, 2.05) is 6.08 Å². The lowest BCUT2D eigenvalue weighted by atomic mass is 9.78. The average molecular weight is 162 g/mol. The van der Waals surface area contributed by atoms with Gasteiger partial charge in [-0.1, -0.05) is 6.08 Å². The van der Waals surface area contributed by atoms with Crippen molar-refractivity contribution in [2.75, 3.05) is 0 Å². The van der Waals surface area contributed by atoms with E-state index in [4.69, 9.17) is 0 Å². The van der Waals surface area contributed by atoms with Crippen molar-refractivity contribution in [3.05, 3.63) is 12.2 Å². The zero-order chi connectivity index (χ0) is 8.13. The molecule has 0 aromatic heterocycles. The highest BCUT2D eigenvalue weighted by atomic mass is 16.1. The van der Waals surface area contributed by atoms with Gasteiger partial charge in [0.1, 0.15) is 0 Å². The van der Waals surface area contributed by atoms with Crippen molar-refractivity contribution in [2.24, 2.45) is 23.7 Å². The standard InChI is InChI=1S/C11H14O/c12-10-6-4-8-2-1-7-3-5-9(10)11(7)8/h4,6-9,11H,1-3,5H2/t7-,8+,9-,11+/m1/s1. The Bertz CT molecular complexity index is 254. The summed E-state index contributed by atoms with van der Waals surface area (Å²) in [7, 11) is 0. The first-order valence-corrected chi connectivity index (χ1v) is 5.08. The molecule has 3 aliphatic carbocycles. The molecule has 0 spiro atoms. The number of allylic oxidation sites excluding steroid dienone is 2. The van der Waals surface area contributed by atoms with Gasteiger partial charge in [-0.15, -0.1) is 0 Å². The second-order valence-corrected chi connectivity index (χ2v) is 4.52. The summed E-state index contributed by atoms with van der Waals surface area (Å²) in [6.07, 6.45) is 9.24. The Morgan fingerprint density at radius 1 is 1.17 bits per heavy atom. The van der Waals surface area contributed by atoms with Gasteiger partial charge in [-0.05, 0) is 49.5 Å². The quantitative estimate of drug-likeness (QED) is 0.533. The average Bonchev–Trinajstić information content (AvgIpc) is 2.61. The Kier molecular flexibility index (Phi) is 1.27. The van der Waals surface area contributed by atoms with Crippen molar-refractivity contribution in [2.45, 2.75) is 25.7 Å². The number of carbonyl (C=O) groups excluding carboxylic acids is 1. The maximum atomic E-state index is 11.5. The molecule has 0 unspecified atom stereocenters. The first-order chi connectivity index (χ1) is 5.86. The normalized spacial score (nSPS) is 49.8. The van der Waals surface area contributed by atoms with Crippen LogP contribution < -0.4 is 0 Å². The van der Waals surface area contributed by atoms with E-state index < -0.39 is 0 Å². The first kappa shape index (κ1) is 6.88. The Labute approximate surface area is 72.8 Å². The second-order valence-electron chi connectivity index (χ2n) is 4.52. The summed E-state index contributed by atoms with van der Waals surface area (Å²) >= 11 is 0. The molecule has 0 heterocycles. The van der Waals surface area contributed by atoms with E-state index in [-0.39, 0.29) is 0 Å². The fraction of sp³-hybridized carbons (Fsp3) is 0.727. The third-order valence-corrected chi connectivity index (χ3v) is 4.10. The summed E-state index contributed by atoms with van der Waals surface area (Å²) < 4.78 is 0. The largest absolute Gasteiger partial charge is 0.295 e. The molecule has 0 bridgehead atoms. The van der Waals surface area contributed by atoms with Gasteiger partial charge >= 0.3 is 0 Å². The van der Waals surface area contributed by atoms with Gasteiger partial charge in [0.25, 0.3) is 0 Å². The van der Waals surface area contributed by atoms with E-state index >= 15 is 0 Å². The molecule has 3 rings (SSSR count). The Hall–Kier alpha value is -0.590. The van der Waals surface area contributed by atoms with Crippen LogP contribution in [0.25, 0.3) is 0 Å². The molecule has 64 valence electrons. The Balaban J connectivity index is 2.02. The minimum Gasteiger partial charge on any atom is -0.295 e. The van der Waals surface area contributed by atoms with Crippen LogP contribution in [0.2, 0.25) is 0 Å². The SMILES string of the molecule is O=C1C=C[C@@H]2CC[C@@H]3CC[C@H]1[C@@H]32. The summed E-state index contributed by atoms with van der Waals surface area (Å²) in [5.74, 6) is 3.25. The van der Waals surface area contributed by atoms with Crippen LogP contribution >= 0.6 is 0 Å². The highest BCUT2D eigenvalue weighted by Crippen LogP contribution is 2.53. The second kappa shape index (κ2) is 2.21. The molecule has 0 N–H and O–H groups in total. The van der Waals surface area contributed by atoms with Crippen LogP contribution in [0, 0.1) is 23.7 Å². The number of rotatable bonds is 0. The fourth-order valence-corrected chi connectivity index (χ4v) is 3.59. The number of hydrogen-bond donors (Lipinski definition) is 0. The lowest BCUT2D eigenvalue weighted by Gasteiger charge is -2.25. The van der Waals surface area contributed by atoms with E-state index in [9.17, 15) is 4.79 Å². The molecule has 2 saturated carbocycles. The predicted molar refractivity (Wildman–Crippen MR) is 46.6 cm³/mol. The van der Waals surface area contributed by atoms with E-state index in [1.54, 1.807) is 0 Å². The number of ketones is 1. The Morgan fingerprint density at radius 3 is 2.92 bits per heavy atom. The fourth-order valence-electron chi connectivity index (χ4n) is 3.59. The van der Waals surface area contributed by atoms with Gasteiger partial charge in [-0.2, -0.15) is 0 Å². The van der Waals surface area contributed by atoms with Crippen LogP contribution in [0.5, 0.6) is 0 Å². The molecule has 2 fully saturated rings. The molecular weight excluding hydrogens is 148 g/mol. The molecule has 3 aliphatic rings. The van der Waals surface area contributed by atoms with Gasteiger partial charge in [-0.3, -0.25) is 4.79 Å². The molecule has 4 atom stereocenters. The third kappa shape index (κ3) is 0.720. The summed E-state index contributed by atoms with van der Waals surface area (Å²) in [5, 5.41) is 0. The van der Waals surface area contributed by atoms with Crippen molar-refractivity contribution >= 4 is 5.78 Å². The molecule has 0 aromatic carbocycles. The topological polar surface area (TPSA) is 17.1 Å². The summed E-state index contributed by atoms with van der Waals surface area (Å²) in [4.78, 5) is 11.5. The highest BCUT2D eigenvalue weighted by Gasteiger charge is 2.48.